The first kappa shape index (κ1) is 26.4. The molecule has 0 bridgehead atoms. The van der Waals surface area contributed by atoms with E-state index in [0.717, 1.165) is 44.5 Å². The van der Waals surface area contributed by atoms with Gasteiger partial charge < -0.3 is 15.2 Å². The smallest absolute Gasteiger partial charge is 0.416 e. The minimum Gasteiger partial charge on any atom is -0.473 e. The summed E-state index contributed by atoms with van der Waals surface area (Å²) in [7, 11) is 0. The molecule has 1 aromatic heterocycles. The number of nitrogen functional groups attached to an aromatic ring is 1. The van der Waals surface area contributed by atoms with Gasteiger partial charge in [0.2, 0.25) is 5.88 Å². The highest BCUT2D eigenvalue weighted by Crippen LogP contribution is 2.29. The second-order valence-corrected chi connectivity index (χ2v) is 7.55. The first-order valence-electron chi connectivity index (χ1n) is 10.3. The zero-order valence-electron chi connectivity index (χ0n) is 17.8. The summed E-state index contributed by atoms with van der Waals surface area (Å²) >= 11 is 0. The van der Waals surface area contributed by atoms with Crippen LogP contribution in [0.1, 0.15) is 40.7 Å². The summed E-state index contributed by atoms with van der Waals surface area (Å²) in [5.74, 6) is -0.963. The van der Waals surface area contributed by atoms with Crippen molar-refractivity contribution in [1.29, 1.82) is 5.41 Å². The van der Waals surface area contributed by atoms with Crippen molar-refractivity contribution in [1.82, 2.24) is 9.88 Å². The van der Waals surface area contributed by atoms with Crippen molar-refractivity contribution in [2.45, 2.75) is 31.5 Å². The number of halogens is 4. The van der Waals surface area contributed by atoms with E-state index in [-0.39, 0.29) is 36.3 Å². The summed E-state index contributed by atoms with van der Waals surface area (Å²) in [4.78, 5) is 18.8. The predicted octanol–water partition coefficient (Wildman–Crippen LogP) is 3.90. The van der Waals surface area contributed by atoms with Crippen molar-refractivity contribution < 1.29 is 27.4 Å². The second kappa shape index (κ2) is 11.9. The highest BCUT2D eigenvalue weighted by atomic mass is 35.5. The highest BCUT2D eigenvalue weighted by molar-refractivity contribution is 5.97. The lowest BCUT2D eigenvalue weighted by molar-refractivity contribution is -0.137. The number of nitrogens with two attached hydrogens (primary N) is 1. The van der Waals surface area contributed by atoms with Gasteiger partial charge in [0.05, 0.1) is 16.7 Å². The highest BCUT2D eigenvalue weighted by Gasteiger charge is 2.31. The minimum absolute atomic E-state index is 0. The van der Waals surface area contributed by atoms with Crippen LogP contribution in [0.3, 0.4) is 0 Å². The fourth-order valence-corrected chi connectivity index (χ4v) is 3.48. The van der Waals surface area contributed by atoms with Gasteiger partial charge in [-0.1, -0.05) is 12.5 Å². The number of hydrogen-bond donors (Lipinski definition) is 2. The molecular weight excluding hydrogens is 461 g/mol. The van der Waals surface area contributed by atoms with Gasteiger partial charge in [0.1, 0.15) is 18.5 Å². The molecule has 1 aliphatic rings. The number of ether oxygens (including phenoxy) is 2. The van der Waals surface area contributed by atoms with Crippen LogP contribution < -0.4 is 10.5 Å². The topological polar surface area (TPSA) is 102 Å². The van der Waals surface area contributed by atoms with Crippen molar-refractivity contribution in [3.05, 3.63) is 59.3 Å². The number of nitrogens with zero attached hydrogens (tertiary/aromatic N) is 2. The van der Waals surface area contributed by atoms with E-state index in [1.165, 1.54) is 18.3 Å². The van der Waals surface area contributed by atoms with Crippen LogP contribution in [0.15, 0.2) is 42.6 Å². The summed E-state index contributed by atoms with van der Waals surface area (Å²) in [6.07, 6.45) is -0.673. The molecule has 11 heteroatoms. The number of hydrogen-bond acceptors (Lipinski definition) is 6. The molecule has 1 fully saturated rings. The van der Waals surface area contributed by atoms with E-state index in [9.17, 15) is 18.0 Å². The van der Waals surface area contributed by atoms with Gasteiger partial charge in [-0.05, 0) is 56.3 Å². The van der Waals surface area contributed by atoms with E-state index in [1.54, 1.807) is 12.1 Å². The molecule has 3 rings (SSSR count). The number of aromatic nitrogens is 1. The van der Waals surface area contributed by atoms with Crippen molar-refractivity contribution in [3.63, 3.8) is 0 Å². The van der Waals surface area contributed by atoms with Gasteiger partial charge in [0, 0.05) is 12.7 Å². The lowest BCUT2D eigenvalue weighted by Crippen LogP contribution is -2.41. The Balaban J connectivity index is 0.00000385. The molecule has 2 aromatic rings. The Bertz CT molecular complexity index is 952. The number of rotatable bonds is 8. The Labute approximate surface area is 196 Å². The summed E-state index contributed by atoms with van der Waals surface area (Å²) in [5, 5.41) is 7.64. The number of alkyl halides is 3. The lowest BCUT2D eigenvalue weighted by Gasteiger charge is -2.30. The van der Waals surface area contributed by atoms with Crippen molar-refractivity contribution >= 4 is 24.2 Å². The Kier molecular flexibility index (Phi) is 9.48. The molecule has 0 spiro atoms. The molecule has 0 radical (unpaired) electrons. The van der Waals surface area contributed by atoms with Crippen LogP contribution in [-0.2, 0) is 10.9 Å². The molecule has 180 valence electrons. The molecule has 3 N–H and O–H groups in total. The summed E-state index contributed by atoms with van der Waals surface area (Å²) < 4.78 is 50.2. The van der Waals surface area contributed by atoms with Gasteiger partial charge >= 0.3 is 12.1 Å². The van der Waals surface area contributed by atoms with Gasteiger partial charge in [-0.2, -0.15) is 13.2 Å². The van der Waals surface area contributed by atoms with Gasteiger partial charge in [0.15, 0.2) is 0 Å². The summed E-state index contributed by atoms with van der Waals surface area (Å²) in [6.45, 7) is 1.95. The standard InChI is InChI=1S/C22H25F3N4O3.ClH/c23-22(24,25)16-7-4-6-15(12-16)21(30)32-17(13-29-10-2-1-3-11-29)14-31-20-18(19(26)27)8-5-9-28-20;/h4-9,12,17H,1-3,10-11,13-14H2,(H3,26,27);1H. The first-order chi connectivity index (χ1) is 15.2. The third-order valence-corrected chi connectivity index (χ3v) is 5.08. The first-order valence-corrected chi connectivity index (χ1v) is 10.3. The number of esters is 1. The van der Waals surface area contributed by atoms with Crippen LogP contribution in [0.5, 0.6) is 5.88 Å². The minimum atomic E-state index is -4.56. The van der Waals surface area contributed by atoms with Crippen molar-refractivity contribution in [3.8, 4) is 5.88 Å². The molecule has 0 aliphatic carbocycles. The van der Waals surface area contributed by atoms with Crippen LogP contribution in [0.4, 0.5) is 13.2 Å². The van der Waals surface area contributed by atoms with E-state index in [4.69, 9.17) is 20.6 Å². The number of carbonyl (C=O) groups is 1. The summed E-state index contributed by atoms with van der Waals surface area (Å²) in [5.41, 5.74) is 4.74. The van der Waals surface area contributed by atoms with E-state index >= 15 is 0 Å². The second-order valence-electron chi connectivity index (χ2n) is 7.55. The van der Waals surface area contributed by atoms with Gasteiger partial charge in [-0.3, -0.25) is 10.3 Å². The number of amidine groups is 1. The van der Waals surface area contributed by atoms with Crippen LogP contribution >= 0.6 is 12.4 Å². The molecule has 7 nitrogen and oxygen atoms in total. The van der Waals surface area contributed by atoms with Crippen LogP contribution in [-0.4, -0.2) is 54.0 Å². The number of carbonyl (C=O) groups excluding carboxylic acids is 1. The Morgan fingerprint density at radius 1 is 1.18 bits per heavy atom. The monoisotopic (exact) mass is 486 g/mol. The van der Waals surface area contributed by atoms with E-state index < -0.39 is 23.8 Å². The number of nitrogens with one attached hydrogen (secondary N) is 1. The van der Waals surface area contributed by atoms with Crippen molar-refractivity contribution in [2.75, 3.05) is 26.2 Å². The Hall–Kier alpha value is -2.85. The molecule has 1 atom stereocenters. The molecule has 0 amide bonds. The fraction of sp³-hybridized carbons (Fsp3) is 0.409. The lowest BCUT2D eigenvalue weighted by atomic mass is 10.1. The zero-order chi connectivity index (χ0) is 23.1. The molecule has 2 heterocycles. The van der Waals surface area contributed by atoms with E-state index in [1.807, 2.05) is 0 Å². The van der Waals surface area contributed by atoms with Gasteiger partial charge in [-0.25, -0.2) is 9.78 Å². The fourth-order valence-electron chi connectivity index (χ4n) is 3.48. The third-order valence-electron chi connectivity index (χ3n) is 5.08. The van der Waals surface area contributed by atoms with Gasteiger partial charge in [0.25, 0.3) is 0 Å². The Morgan fingerprint density at radius 2 is 1.91 bits per heavy atom. The van der Waals surface area contributed by atoms with Crippen LogP contribution in [0, 0.1) is 5.41 Å². The SMILES string of the molecule is Cl.N=C(N)c1cccnc1OCC(CN1CCCCC1)OC(=O)c1cccc(C(F)(F)F)c1. The maximum absolute atomic E-state index is 13.0. The molecule has 1 saturated heterocycles. The maximum Gasteiger partial charge on any atom is 0.416 e. The average molecular weight is 487 g/mol. The molecule has 0 saturated carbocycles. The molecule has 1 unspecified atom stereocenters. The van der Waals surface area contributed by atoms with Crippen LogP contribution in [0.25, 0.3) is 0 Å². The summed E-state index contributed by atoms with van der Waals surface area (Å²) in [6, 6.07) is 7.32. The molecule has 1 aromatic carbocycles. The molecule has 33 heavy (non-hydrogen) atoms. The number of likely N-dealkylation sites (tertiary alicyclic amines) is 1. The maximum atomic E-state index is 13.0. The third kappa shape index (κ3) is 7.61. The quantitative estimate of drug-likeness (QED) is 0.333. The number of piperidine rings is 1. The average Bonchev–Trinajstić information content (AvgIpc) is 2.77. The molecular formula is C22H26ClF3N4O3. The van der Waals surface area contributed by atoms with Crippen LogP contribution in [0.2, 0.25) is 0 Å². The van der Waals surface area contributed by atoms with Crippen molar-refractivity contribution in [2.24, 2.45) is 5.73 Å². The largest absolute Gasteiger partial charge is 0.473 e. The Morgan fingerprint density at radius 3 is 2.58 bits per heavy atom. The van der Waals surface area contributed by atoms with Gasteiger partial charge in [-0.15, -0.1) is 12.4 Å². The normalized spacial score (nSPS) is 15.2. The molecule has 1 aliphatic heterocycles. The number of pyridine rings is 1. The van der Waals surface area contributed by atoms with E-state index in [2.05, 4.69) is 9.88 Å². The predicted molar refractivity (Wildman–Crippen MR) is 119 cm³/mol. The zero-order valence-corrected chi connectivity index (χ0v) is 18.6. The van der Waals surface area contributed by atoms with E-state index in [0.29, 0.717) is 12.1 Å². The number of benzene rings is 1.